The average molecular weight is 468 g/mol. The van der Waals surface area contributed by atoms with Crippen LogP contribution in [0.3, 0.4) is 0 Å². The second kappa shape index (κ2) is 23.6. The van der Waals surface area contributed by atoms with Gasteiger partial charge in [0.15, 0.2) is 0 Å². The molecule has 0 saturated carbocycles. The Morgan fingerprint density at radius 2 is 1.74 bits per heavy atom. The number of allylic oxidation sites excluding steroid dienone is 7. The van der Waals surface area contributed by atoms with Crippen LogP contribution in [-0.4, -0.2) is 16.9 Å². The lowest BCUT2D eigenvalue weighted by atomic mass is 10.0. The fraction of sp³-hybridized carbons (Fsp3) is 0.516. The second-order valence-corrected chi connectivity index (χ2v) is 8.20. The first-order valence-corrected chi connectivity index (χ1v) is 12.8. The van der Waals surface area contributed by atoms with Crippen LogP contribution in [0, 0.1) is 23.7 Å². The SMILES string of the molecule is C=C(/C=C\C)CCC.CC.CC(=N)c1cnc(C(C=N)=C(C)C)cc1C.CC/C=C\C(C)CC. The predicted octanol–water partition coefficient (Wildman–Crippen LogP) is 10.2. The molecular weight excluding hydrogens is 414 g/mol. The number of aromatic nitrogens is 1. The molecule has 1 aromatic rings. The maximum absolute atomic E-state index is 7.59. The van der Waals surface area contributed by atoms with E-state index in [1.165, 1.54) is 31.1 Å². The van der Waals surface area contributed by atoms with Crippen LogP contribution in [0.5, 0.6) is 0 Å². The molecule has 3 heteroatoms. The standard InChI is InChI=1S/C13H17N3.C8H16.C8H14.C2H6/c1-8(2)11(6-14)13-5-9(3)12(7-16-13)10(4)15;1-4-6-7-8(3)5-2;1-4-6-8(3)7-5-2;1-2/h5-7,14-15H,1-4H3;6-8H,4-5H2,1-3H3;4,6H,3,5,7H2,1-2H3;1-2H3/b;7-6-;6-4-;. The molecule has 0 radical (unpaired) electrons. The summed E-state index contributed by atoms with van der Waals surface area (Å²) in [6.07, 6.45) is 16.4. The van der Waals surface area contributed by atoms with Crippen LogP contribution < -0.4 is 0 Å². The summed E-state index contributed by atoms with van der Waals surface area (Å²) in [7, 11) is 0. The van der Waals surface area contributed by atoms with E-state index in [-0.39, 0.29) is 0 Å². The first kappa shape index (κ1) is 36.0. The van der Waals surface area contributed by atoms with E-state index in [4.69, 9.17) is 10.8 Å². The molecule has 0 bridgehead atoms. The van der Waals surface area contributed by atoms with Crippen molar-refractivity contribution >= 4 is 17.5 Å². The predicted molar refractivity (Wildman–Crippen MR) is 158 cm³/mol. The normalized spacial score (nSPS) is 10.7. The smallest absolute Gasteiger partial charge is 0.0719 e. The Bertz CT molecular complexity index is 791. The van der Waals surface area contributed by atoms with Gasteiger partial charge in [-0.3, -0.25) is 4.98 Å². The van der Waals surface area contributed by atoms with Gasteiger partial charge in [-0.2, -0.15) is 0 Å². The lowest BCUT2D eigenvalue weighted by Crippen LogP contribution is -2.01. The molecule has 0 aliphatic carbocycles. The van der Waals surface area contributed by atoms with Crippen molar-refractivity contribution in [1.82, 2.24) is 4.98 Å². The van der Waals surface area contributed by atoms with Crippen molar-refractivity contribution in [3.63, 3.8) is 0 Å². The van der Waals surface area contributed by atoms with E-state index in [9.17, 15) is 0 Å². The molecule has 0 amide bonds. The van der Waals surface area contributed by atoms with E-state index >= 15 is 0 Å². The number of nitrogens with one attached hydrogen (secondary N) is 2. The van der Waals surface area contributed by atoms with E-state index in [0.29, 0.717) is 5.71 Å². The number of pyridine rings is 1. The third-order valence-electron chi connectivity index (χ3n) is 4.79. The molecule has 1 heterocycles. The average Bonchev–Trinajstić information content (AvgIpc) is 2.80. The van der Waals surface area contributed by atoms with Crippen LogP contribution >= 0.6 is 0 Å². The van der Waals surface area contributed by atoms with Gasteiger partial charge >= 0.3 is 0 Å². The molecule has 192 valence electrons. The van der Waals surface area contributed by atoms with Crippen LogP contribution in [0.15, 0.2) is 54.3 Å². The molecule has 1 aromatic heterocycles. The number of nitrogens with zero attached hydrogens (tertiary/aromatic N) is 1. The van der Waals surface area contributed by atoms with Crippen molar-refractivity contribution < 1.29 is 0 Å². The fourth-order valence-corrected chi connectivity index (χ4v) is 2.71. The summed E-state index contributed by atoms with van der Waals surface area (Å²) in [5.41, 5.74) is 6.36. The van der Waals surface area contributed by atoms with Crippen molar-refractivity contribution in [3.8, 4) is 0 Å². The Labute approximate surface area is 212 Å². The van der Waals surface area contributed by atoms with Gasteiger partial charge in [-0.1, -0.05) is 96.4 Å². The molecule has 34 heavy (non-hydrogen) atoms. The van der Waals surface area contributed by atoms with Crippen molar-refractivity contribution in [2.45, 2.75) is 102 Å². The zero-order valence-electron chi connectivity index (χ0n) is 24.1. The van der Waals surface area contributed by atoms with Gasteiger partial charge in [-0.05, 0) is 65.0 Å². The van der Waals surface area contributed by atoms with Crippen LogP contribution in [0.25, 0.3) is 5.57 Å². The molecule has 2 N–H and O–H groups in total. The highest BCUT2D eigenvalue weighted by molar-refractivity contribution is 6.08. The quantitative estimate of drug-likeness (QED) is 0.212. The van der Waals surface area contributed by atoms with Gasteiger partial charge < -0.3 is 10.8 Å². The maximum atomic E-state index is 7.59. The Kier molecular flexibility index (Phi) is 25.0. The lowest BCUT2D eigenvalue weighted by Gasteiger charge is -2.08. The summed E-state index contributed by atoms with van der Waals surface area (Å²) in [4.78, 5) is 4.30. The summed E-state index contributed by atoms with van der Waals surface area (Å²) in [6.45, 7) is 26.3. The maximum Gasteiger partial charge on any atom is 0.0719 e. The number of aryl methyl sites for hydroxylation is 1. The Morgan fingerprint density at radius 3 is 2.09 bits per heavy atom. The van der Waals surface area contributed by atoms with Gasteiger partial charge in [0, 0.05) is 29.3 Å². The van der Waals surface area contributed by atoms with E-state index < -0.39 is 0 Å². The van der Waals surface area contributed by atoms with E-state index in [1.54, 1.807) is 13.1 Å². The third-order valence-corrected chi connectivity index (χ3v) is 4.79. The topological polar surface area (TPSA) is 60.6 Å². The molecule has 3 nitrogen and oxygen atoms in total. The van der Waals surface area contributed by atoms with Crippen molar-refractivity contribution in [1.29, 1.82) is 10.8 Å². The summed E-state index contributed by atoms with van der Waals surface area (Å²) >= 11 is 0. The second-order valence-electron chi connectivity index (χ2n) is 8.20. The Morgan fingerprint density at radius 1 is 1.15 bits per heavy atom. The molecule has 1 atom stereocenters. The third kappa shape index (κ3) is 17.9. The molecule has 0 spiro atoms. The van der Waals surface area contributed by atoms with Crippen molar-refractivity contribution in [3.05, 3.63) is 71.1 Å². The molecule has 0 saturated heterocycles. The van der Waals surface area contributed by atoms with Gasteiger partial charge in [0.25, 0.3) is 0 Å². The summed E-state index contributed by atoms with van der Waals surface area (Å²) in [6, 6.07) is 1.93. The summed E-state index contributed by atoms with van der Waals surface area (Å²) < 4.78 is 0. The molecule has 1 unspecified atom stereocenters. The van der Waals surface area contributed by atoms with Gasteiger partial charge in [0.2, 0.25) is 0 Å². The van der Waals surface area contributed by atoms with E-state index in [1.807, 2.05) is 53.7 Å². The largest absolute Gasteiger partial charge is 0.308 e. The monoisotopic (exact) mass is 467 g/mol. The van der Waals surface area contributed by atoms with Gasteiger partial charge in [-0.15, -0.1) is 0 Å². The molecule has 0 fully saturated rings. The zero-order valence-corrected chi connectivity index (χ0v) is 24.1. The first-order chi connectivity index (χ1) is 16.1. The zero-order chi connectivity index (χ0) is 27.1. The number of rotatable bonds is 9. The van der Waals surface area contributed by atoms with Crippen LogP contribution in [-0.2, 0) is 0 Å². The highest BCUT2D eigenvalue weighted by Gasteiger charge is 2.06. The van der Waals surface area contributed by atoms with Gasteiger partial charge in [0.1, 0.15) is 0 Å². The minimum atomic E-state index is 0.519. The molecular formula is C31H53N3. The van der Waals surface area contributed by atoms with Crippen LogP contribution in [0.2, 0.25) is 0 Å². The Hall–Kier alpha value is -2.55. The lowest BCUT2D eigenvalue weighted by molar-refractivity contribution is 0.695. The molecule has 0 aromatic carbocycles. The highest BCUT2D eigenvalue weighted by atomic mass is 14.7. The minimum Gasteiger partial charge on any atom is -0.308 e. The van der Waals surface area contributed by atoms with Crippen LogP contribution in [0.4, 0.5) is 0 Å². The van der Waals surface area contributed by atoms with Crippen molar-refractivity contribution in [2.24, 2.45) is 5.92 Å². The van der Waals surface area contributed by atoms with Crippen molar-refractivity contribution in [2.75, 3.05) is 0 Å². The summed E-state index contributed by atoms with van der Waals surface area (Å²) in [5.74, 6) is 0.773. The molecule has 0 aliphatic rings. The van der Waals surface area contributed by atoms with Gasteiger partial charge in [0.05, 0.1) is 5.69 Å². The minimum absolute atomic E-state index is 0.519. The molecule has 0 aliphatic heterocycles. The number of hydrogen-bond donors (Lipinski definition) is 2. The molecule has 1 rings (SSSR count). The summed E-state index contributed by atoms with van der Waals surface area (Å²) in [5, 5.41) is 15.0. The Balaban J connectivity index is -0.000000452. The van der Waals surface area contributed by atoms with E-state index in [0.717, 1.165) is 40.3 Å². The highest BCUT2D eigenvalue weighted by Crippen LogP contribution is 2.17. The van der Waals surface area contributed by atoms with E-state index in [2.05, 4.69) is 57.5 Å². The number of hydrogen-bond acceptors (Lipinski definition) is 3. The fourth-order valence-electron chi connectivity index (χ4n) is 2.71. The first-order valence-electron chi connectivity index (χ1n) is 12.8. The van der Waals surface area contributed by atoms with Gasteiger partial charge in [-0.25, -0.2) is 0 Å². The van der Waals surface area contributed by atoms with Crippen LogP contribution in [0.1, 0.15) is 112 Å².